The predicted octanol–water partition coefficient (Wildman–Crippen LogP) is 5.71. The van der Waals surface area contributed by atoms with Crippen molar-refractivity contribution in [1.29, 1.82) is 0 Å². The molecule has 0 radical (unpaired) electrons. The Kier molecular flexibility index (Phi) is 4.91. The second-order valence-electron chi connectivity index (χ2n) is 6.15. The predicted molar refractivity (Wildman–Crippen MR) is 105 cm³/mol. The number of nitro benzene ring substituents is 1. The number of aromatic nitrogens is 1. The summed E-state index contributed by atoms with van der Waals surface area (Å²) < 4.78 is 2.16. The Hall–Kier alpha value is -2.92. The summed E-state index contributed by atoms with van der Waals surface area (Å²) in [5.74, 6) is 0. The topological polar surface area (TPSA) is 60.4 Å². The lowest BCUT2D eigenvalue weighted by Gasteiger charge is -2.09. The molecule has 26 heavy (non-hydrogen) atoms. The van der Waals surface area contributed by atoms with Crippen LogP contribution in [0.5, 0.6) is 0 Å². The van der Waals surface area contributed by atoms with Gasteiger partial charge in [0, 0.05) is 34.9 Å². The van der Waals surface area contributed by atoms with Gasteiger partial charge < -0.3 is 4.57 Å². The molecule has 0 bridgehead atoms. The Morgan fingerprint density at radius 3 is 2.42 bits per heavy atom. The van der Waals surface area contributed by atoms with Gasteiger partial charge in [0.15, 0.2) is 0 Å². The van der Waals surface area contributed by atoms with Gasteiger partial charge in [0.25, 0.3) is 5.69 Å². The van der Waals surface area contributed by atoms with E-state index in [1.54, 1.807) is 12.3 Å². The molecular formula is C20H18ClN3O2. The second-order valence-corrected chi connectivity index (χ2v) is 6.56. The average molecular weight is 368 g/mol. The number of hydrogen-bond donors (Lipinski definition) is 0. The highest BCUT2D eigenvalue weighted by molar-refractivity contribution is 6.32. The standard InChI is InChI=1S/C20H18ClN3O2/c1-13-4-7-18(8-5-13)23-14(2)10-16(15(23)3)12-22-17-6-9-19(21)20(11-17)24(25)26/h4-12H,1-3H3. The number of benzene rings is 2. The van der Waals surface area contributed by atoms with E-state index < -0.39 is 4.92 Å². The molecule has 1 aromatic heterocycles. The number of halogens is 1. The summed E-state index contributed by atoms with van der Waals surface area (Å²) in [4.78, 5) is 14.9. The quantitative estimate of drug-likeness (QED) is 0.336. The molecule has 3 aromatic rings. The molecule has 0 N–H and O–H groups in total. The second kappa shape index (κ2) is 7.14. The number of nitrogens with zero attached hydrogens (tertiary/aromatic N) is 3. The normalized spacial score (nSPS) is 11.2. The lowest BCUT2D eigenvalue weighted by molar-refractivity contribution is -0.384. The van der Waals surface area contributed by atoms with Crippen molar-refractivity contribution in [2.45, 2.75) is 20.8 Å². The van der Waals surface area contributed by atoms with Crippen LogP contribution in [0.1, 0.15) is 22.5 Å². The molecule has 0 spiro atoms. The molecule has 0 saturated carbocycles. The molecule has 0 saturated heterocycles. The summed E-state index contributed by atoms with van der Waals surface area (Å²) in [6, 6.07) is 14.9. The molecule has 5 nitrogen and oxygen atoms in total. The first-order chi connectivity index (χ1) is 12.4. The fourth-order valence-electron chi connectivity index (χ4n) is 2.87. The van der Waals surface area contributed by atoms with Crippen molar-refractivity contribution >= 4 is 29.2 Å². The van der Waals surface area contributed by atoms with Gasteiger partial charge in [0.2, 0.25) is 0 Å². The molecule has 0 amide bonds. The molecule has 3 rings (SSSR count). The fourth-order valence-corrected chi connectivity index (χ4v) is 3.06. The number of aliphatic imine (C=N–C) groups is 1. The van der Waals surface area contributed by atoms with Crippen LogP contribution in [0, 0.1) is 30.9 Å². The maximum Gasteiger partial charge on any atom is 0.290 e. The van der Waals surface area contributed by atoms with Crippen molar-refractivity contribution in [1.82, 2.24) is 4.57 Å². The van der Waals surface area contributed by atoms with Crippen molar-refractivity contribution in [3.8, 4) is 5.69 Å². The monoisotopic (exact) mass is 367 g/mol. The van der Waals surface area contributed by atoms with Crippen LogP contribution >= 0.6 is 11.6 Å². The zero-order valence-electron chi connectivity index (χ0n) is 14.7. The summed E-state index contributed by atoms with van der Waals surface area (Å²) in [5.41, 5.74) is 5.75. The number of rotatable bonds is 4. The SMILES string of the molecule is Cc1ccc(-n2c(C)cc(C=Nc3ccc(Cl)c([N+](=O)[O-])c3)c2C)cc1. The van der Waals surface area contributed by atoms with Crippen LogP contribution in [-0.4, -0.2) is 15.7 Å². The van der Waals surface area contributed by atoms with E-state index in [1.807, 2.05) is 19.9 Å². The maximum absolute atomic E-state index is 11.0. The van der Waals surface area contributed by atoms with Gasteiger partial charge >= 0.3 is 0 Å². The van der Waals surface area contributed by atoms with Crippen LogP contribution in [0.2, 0.25) is 5.02 Å². The van der Waals surface area contributed by atoms with Gasteiger partial charge in [-0.15, -0.1) is 0 Å². The van der Waals surface area contributed by atoms with E-state index in [2.05, 4.69) is 40.7 Å². The minimum atomic E-state index is -0.509. The van der Waals surface area contributed by atoms with E-state index in [9.17, 15) is 10.1 Å². The van der Waals surface area contributed by atoms with E-state index in [0.717, 1.165) is 22.6 Å². The Balaban J connectivity index is 1.95. The van der Waals surface area contributed by atoms with E-state index in [1.165, 1.54) is 17.7 Å². The highest BCUT2D eigenvalue weighted by Crippen LogP contribution is 2.29. The summed E-state index contributed by atoms with van der Waals surface area (Å²) in [7, 11) is 0. The van der Waals surface area contributed by atoms with Gasteiger partial charge in [-0.25, -0.2) is 0 Å². The zero-order chi connectivity index (χ0) is 18.8. The molecule has 132 valence electrons. The van der Waals surface area contributed by atoms with Gasteiger partial charge in [0.1, 0.15) is 5.02 Å². The molecule has 0 unspecified atom stereocenters. The molecule has 0 aliphatic rings. The molecule has 0 atom stereocenters. The van der Waals surface area contributed by atoms with E-state index in [-0.39, 0.29) is 10.7 Å². The van der Waals surface area contributed by atoms with Crippen molar-refractivity contribution in [2.24, 2.45) is 4.99 Å². The maximum atomic E-state index is 11.0. The number of hydrogen-bond acceptors (Lipinski definition) is 3. The molecule has 6 heteroatoms. The van der Waals surface area contributed by atoms with E-state index in [4.69, 9.17) is 11.6 Å². The molecule has 1 heterocycles. The first-order valence-electron chi connectivity index (χ1n) is 8.11. The summed E-state index contributed by atoms with van der Waals surface area (Å²) in [6.45, 7) is 6.12. The van der Waals surface area contributed by atoms with Gasteiger partial charge in [0.05, 0.1) is 10.6 Å². The Morgan fingerprint density at radius 2 is 1.77 bits per heavy atom. The van der Waals surface area contributed by atoms with Gasteiger partial charge in [-0.05, 0) is 51.1 Å². The van der Waals surface area contributed by atoms with Crippen LogP contribution < -0.4 is 0 Å². The van der Waals surface area contributed by atoms with Crippen LogP contribution in [0.15, 0.2) is 53.5 Å². The van der Waals surface area contributed by atoms with Crippen molar-refractivity contribution < 1.29 is 4.92 Å². The third-order valence-electron chi connectivity index (χ3n) is 4.24. The van der Waals surface area contributed by atoms with Crippen LogP contribution in [0.25, 0.3) is 5.69 Å². The number of nitro groups is 1. The van der Waals surface area contributed by atoms with Crippen LogP contribution in [0.4, 0.5) is 11.4 Å². The molecular weight excluding hydrogens is 350 g/mol. The average Bonchev–Trinajstić information content (AvgIpc) is 2.89. The Bertz CT molecular complexity index is 1000. The summed E-state index contributed by atoms with van der Waals surface area (Å²) in [5, 5.41) is 11.1. The molecule has 0 aliphatic carbocycles. The van der Waals surface area contributed by atoms with Crippen molar-refractivity contribution in [3.63, 3.8) is 0 Å². The fraction of sp³-hybridized carbons (Fsp3) is 0.150. The van der Waals surface area contributed by atoms with Gasteiger partial charge in [-0.1, -0.05) is 29.3 Å². The highest BCUT2D eigenvalue weighted by atomic mass is 35.5. The third-order valence-corrected chi connectivity index (χ3v) is 4.56. The highest BCUT2D eigenvalue weighted by Gasteiger charge is 2.13. The van der Waals surface area contributed by atoms with Gasteiger partial charge in [-0.3, -0.25) is 15.1 Å². The largest absolute Gasteiger partial charge is 0.318 e. The molecule has 0 fully saturated rings. The van der Waals surface area contributed by atoms with Crippen LogP contribution in [-0.2, 0) is 0 Å². The van der Waals surface area contributed by atoms with E-state index >= 15 is 0 Å². The first kappa shape index (κ1) is 17.9. The molecule has 2 aromatic carbocycles. The van der Waals surface area contributed by atoms with Crippen molar-refractivity contribution in [3.05, 3.63) is 86.2 Å². The van der Waals surface area contributed by atoms with Gasteiger partial charge in [-0.2, -0.15) is 0 Å². The van der Waals surface area contributed by atoms with Crippen LogP contribution in [0.3, 0.4) is 0 Å². The zero-order valence-corrected chi connectivity index (χ0v) is 15.5. The molecule has 0 aliphatic heterocycles. The Labute approximate surface area is 156 Å². The third kappa shape index (κ3) is 3.53. The first-order valence-corrected chi connectivity index (χ1v) is 8.48. The minimum absolute atomic E-state index is 0.103. The lowest BCUT2D eigenvalue weighted by atomic mass is 10.2. The lowest BCUT2D eigenvalue weighted by Crippen LogP contribution is -1.99. The number of aryl methyl sites for hydroxylation is 2. The smallest absolute Gasteiger partial charge is 0.290 e. The van der Waals surface area contributed by atoms with Crippen molar-refractivity contribution in [2.75, 3.05) is 0 Å². The van der Waals surface area contributed by atoms with E-state index in [0.29, 0.717) is 5.69 Å². The summed E-state index contributed by atoms with van der Waals surface area (Å²) in [6.07, 6.45) is 1.72. The summed E-state index contributed by atoms with van der Waals surface area (Å²) >= 11 is 5.84. The minimum Gasteiger partial charge on any atom is -0.318 e. The Morgan fingerprint density at radius 1 is 1.08 bits per heavy atom.